The van der Waals surface area contributed by atoms with E-state index in [2.05, 4.69) is 9.64 Å². The summed E-state index contributed by atoms with van der Waals surface area (Å²) in [4.78, 5) is 16.1. The second-order valence-corrected chi connectivity index (χ2v) is 6.51. The molecule has 0 aromatic heterocycles. The number of piperazine rings is 1. The average molecular weight is 415 g/mol. The largest absolute Gasteiger partial charge is 0.493 e. The number of nitrogens with zero attached hydrogens (tertiary/aromatic N) is 3. The van der Waals surface area contributed by atoms with E-state index >= 15 is 0 Å². The van der Waals surface area contributed by atoms with Crippen molar-refractivity contribution in [2.24, 2.45) is 0 Å². The molecule has 1 heterocycles. The van der Waals surface area contributed by atoms with Crippen LogP contribution >= 0.6 is 0 Å². The number of halogens is 3. The van der Waals surface area contributed by atoms with Crippen molar-refractivity contribution in [2.45, 2.75) is 12.6 Å². The molecular formula is C19H24F3N3O4. The van der Waals surface area contributed by atoms with Gasteiger partial charge in [0.1, 0.15) is 6.61 Å². The predicted octanol–water partition coefficient (Wildman–Crippen LogP) is 2.06. The number of methoxy groups -OCH3 is 1. The van der Waals surface area contributed by atoms with Crippen LogP contribution in [-0.4, -0.2) is 81.5 Å². The van der Waals surface area contributed by atoms with Gasteiger partial charge in [0.05, 0.1) is 18.7 Å². The standard InChI is InChI=1S/C19H24F3N3O4/c1-27-17-11-15(12-23)3-4-16(17)29-13-18(26)25-8-6-24(7-9-25)5-2-10-28-14-19(20,21)22/h3-4,11H,2,5-10,13-14H2,1H3. The second-order valence-electron chi connectivity index (χ2n) is 6.51. The zero-order valence-corrected chi connectivity index (χ0v) is 16.2. The Bertz CT molecular complexity index is 714. The summed E-state index contributed by atoms with van der Waals surface area (Å²) in [6, 6.07) is 6.71. The molecule has 160 valence electrons. The molecule has 1 aliphatic rings. The number of carbonyl (C=O) groups is 1. The van der Waals surface area contributed by atoms with E-state index < -0.39 is 12.8 Å². The number of benzene rings is 1. The Morgan fingerprint density at radius 3 is 2.55 bits per heavy atom. The molecule has 10 heteroatoms. The molecule has 1 aromatic carbocycles. The molecule has 0 radical (unpaired) electrons. The van der Waals surface area contributed by atoms with Gasteiger partial charge in [0.15, 0.2) is 18.1 Å². The zero-order chi connectivity index (χ0) is 21.3. The maximum absolute atomic E-state index is 12.4. The van der Waals surface area contributed by atoms with Crippen LogP contribution in [0.25, 0.3) is 0 Å². The van der Waals surface area contributed by atoms with E-state index in [0.29, 0.717) is 56.2 Å². The van der Waals surface area contributed by atoms with Crippen LogP contribution in [0.1, 0.15) is 12.0 Å². The summed E-state index contributed by atoms with van der Waals surface area (Å²) in [5.74, 6) is 0.608. The number of rotatable bonds is 9. The summed E-state index contributed by atoms with van der Waals surface area (Å²) < 4.78 is 51.3. The lowest BCUT2D eigenvalue weighted by Crippen LogP contribution is -2.50. The van der Waals surface area contributed by atoms with Gasteiger partial charge in [-0.15, -0.1) is 0 Å². The van der Waals surface area contributed by atoms with Crippen molar-refractivity contribution in [1.29, 1.82) is 5.26 Å². The van der Waals surface area contributed by atoms with E-state index in [1.54, 1.807) is 17.0 Å². The number of hydrogen-bond donors (Lipinski definition) is 0. The lowest BCUT2D eigenvalue weighted by molar-refractivity contribution is -0.174. The van der Waals surface area contributed by atoms with Crippen molar-refractivity contribution in [3.63, 3.8) is 0 Å². The highest BCUT2D eigenvalue weighted by Gasteiger charge is 2.27. The van der Waals surface area contributed by atoms with Crippen molar-refractivity contribution < 1.29 is 32.2 Å². The molecule has 0 spiro atoms. The second kappa shape index (κ2) is 10.9. The monoisotopic (exact) mass is 415 g/mol. The number of alkyl halides is 3. The highest BCUT2D eigenvalue weighted by Crippen LogP contribution is 2.27. The Morgan fingerprint density at radius 2 is 1.93 bits per heavy atom. The summed E-state index contributed by atoms with van der Waals surface area (Å²) in [6.07, 6.45) is -3.79. The fourth-order valence-corrected chi connectivity index (χ4v) is 2.89. The smallest absolute Gasteiger partial charge is 0.411 e. The van der Waals surface area contributed by atoms with E-state index in [4.69, 9.17) is 14.7 Å². The van der Waals surface area contributed by atoms with Crippen LogP contribution < -0.4 is 9.47 Å². The van der Waals surface area contributed by atoms with Crippen LogP contribution in [0.4, 0.5) is 13.2 Å². The summed E-state index contributed by atoms with van der Waals surface area (Å²) in [5.41, 5.74) is 0.431. The van der Waals surface area contributed by atoms with Crippen LogP contribution in [0, 0.1) is 11.3 Å². The van der Waals surface area contributed by atoms with Gasteiger partial charge in [-0.25, -0.2) is 0 Å². The third-order valence-corrected chi connectivity index (χ3v) is 4.40. The van der Waals surface area contributed by atoms with E-state index in [1.165, 1.54) is 13.2 Å². The van der Waals surface area contributed by atoms with E-state index in [-0.39, 0.29) is 19.1 Å². The SMILES string of the molecule is COc1cc(C#N)ccc1OCC(=O)N1CCN(CCCOCC(F)(F)F)CC1. The molecule has 7 nitrogen and oxygen atoms in total. The number of carbonyl (C=O) groups excluding carboxylic acids is 1. The molecular weight excluding hydrogens is 391 g/mol. The molecule has 0 aliphatic carbocycles. The number of hydrogen-bond acceptors (Lipinski definition) is 6. The molecule has 1 aliphatic heterocycles. The lowest BCUT2D eigenvalue weighted by Gasteiger charge is -2.34. The van der Waals surface area contributed by atoms with Gasteiger partial charge in [0.2, 0.25) is 0 Å². The summed E-state index contributed by atoms with van der Waals surface area (Å²) >= 11 is 0. The third kappa shape index (κ3) is 7.79. The van der Waals surface area contributed by atoms with Gasteiger partial charge in [-0.05, 0) is 18.6 Å². The maximum Gasteiger partial charge on any atom is 0.411 e. The quantitative estimate of drug-likeness (QED) is 0.575. The highest BCUT2D eigenvalue weighted by atomic mass is 19.4. The van der Waals surface area contributed by atoms with Gasteiger partial charge in [-0.1, -0.05) is 0 Å². The van der Waals surface area contributed by atoms with Crippen LogP contribution in [-0.2, 0) is 9.53 Å². The number of ether oxygens (including phenoxy) is 3. The third-order valence-electron chi connectivity index (χ3n) is 4.40. The first-order chi connectivity index (χ1) is 13.8. The summed E-state index contributed by atoms with van der Waals surface area (Å²) in [6.45, 7) is 1.65. The summed E-state index contributed by atoms with van der Waals surface area (Å²) in [5, 5.41) is 8.91. The van der Waals surface area contributed by atoms with Crippen LogP contribution in [0.3, 0.4) is 0 Å². The Morgan fingerprint density at radius 1 is 1.21 bits per heavy atom. The first kappa shape index (κ1) is 22.8. The zero-order valence-electron chi connectivity index (χ0n) is 16.2. The molecule has 1 fully saturated rings. The van der Waals surface area contributed by atoms with Crippen LogP contribution in [0.15, 0.2) is 18.2 Å². The molecule has 0 atom stereocenters. The fraction of sp³-hybridized carbons (Fsp3) is 0.579. The van der Waals surface area contributed by atoms with Gasteiger partial charge in [-0.2, -0.15) is 18.4 Å². The van der Waals surface area contributed by atoms with Gasteiger partial charge in [0, 0.05) is 45.4 Å². The fourth-order valence-electron chi connectivity index (χ4n) is 2.89. The molecule has 0 unspecified atom stereocenters. The highest BCUT2D eigenvalue weighted by molar-refractivity contribution is 5.78. The van der Waals surface area contributed by atoms with Crippen LogP contribution in [0.2, 0.25) is 0 Å². The van der Waals surface area contributed by atoms with E-state index in [9.17, 15) is 18.0 Å². The minimum absolute atomic E-state index is 0.0545. The molecule has 1 amide bonds. The van der Waals surface area contributed by atoms with Crippen molar-refractivity contribution in [2.75, 3.05) is 59.7 Å². The molecule has 0 saturated carbocycles. The van der Waals surface area contributed by atoms with Crippen molar-refractivity contribution >= 4 is 5.91 Å². The molecule has 0 bridgehead atoms. The molecule has 2 rings (SSSR count). The Balaban J connectivity index is 1.68. The minimum atomic E-state index is -4.30. The molecule has 29 heavy (non-hydrogen) atoms. The Kier molecular flexibility index (Phi) is 8.54. The minimum Gasteiger partial charge on any atom is -0.493 e. The maximum atomic E-state index is 12.4. The van der Waals surface area contributed by atoms with Crippen molar-refractivity contribution in [3.05, 3.63) is 23.8 Å². The normalized spacial score (nSPS) is 15.1. The molecule has 1 saturated heterocycles. The van der Waals surface area contributed by atoms with Gasteiger partial charge in [-0.3, -0.25) is 9.69 Å². The van der Waals surface area contributed by atoms with Crippen molar-refractivity contribution in [1.82, 2.24) is 9.80 Å². The number of nitriles is 1. The first-order valence-corrected chi connectivity index (χ1v) is 9.18. The molecule has 0 N–H and O–H groups in total. The Hall–Kier alpha value is -2.51. The van der Waals surface area contributed by atoms with E-state index in [0.717, 1.165) is 0 Å². The Labute approximate surface area is 167 Å². The average Bonchev–Trinajstić information content (AvgIpc) is 2.71. The van der Waals surface area contributed by atoms with E-state index in [1.807, 2.05) is 6.07 Å². The lowest BCUT2D eigenvalue weighted by atomic mass is 10.2. The topological polar surface area (TPSA) is 75.0 Å². The van der Waals surface area contributed by atoms with Crippen LogP contribution in [0.5, 0.6) is 11.5 Å². The van der Waals surface area contributed by atoms with Crippen molar-refractivity contribution in [3.8, 4) is 17.6 Å². The number of amides is 1. The summed E-state index contributed by atoms with van der Waals surface area (Å²) in [7, 11) is 1.46. The first-order valence-electron chi connectivity index (χ1n) is 9.18. The van der Waals surface area contributed by atoms with Gasteiger partial charge < -0.3 is 19.1 Å². The predicted molar refractivity (Wildman–Crippen MR) is 97.7 cm³/mol. The molecule has 1 aromatic rings. The van der Waals surface area contributed by atoms with Gasteiger partial charge in [0.25, 0.3) is 5.91 Å². The van der Waals surface area contributed by atoms with Gasteiger partial charge >= 0.3 is 6.18 Å².